The summed E-state index contributed by atoms with van der Waals surface area (Å²) in [6.45, 7) is 0. The van der Waals surface area contributed by atoms with Crippen molar-refractivity contribution < 1.29 is 19.8 Å². The third kappa shape index (κ3) is 5.41. The van der Waals surface area contributed by atoms with Gasteiger partial charge in [0, 0.05) is 19.3 Å². The lowest BCUT2D eigenvalue weighted by Gasteiger charge is -2.14. The molecule has 0 unspecified atom stereocenters. The minimum atomic E-state index is -1.13. The molecular formula is C21H21N3O5. The van der Waals surface area contributed by atoms with Crippen LogP contribution in [-0.4, -0.2) is 38.1 Å². The molecule has 0 aliphatic carbocycles. The third-order valence-electron chi connectivity index (χ3n) is 4.49. The molecule has 0 bridgehead atoms. The second kappa shape index (κ2) is 9.01. The molecular weight excluding hydrogens is 374 g/mol. The van der Waals surface area contributed by atoms with Gasteiger partial charge in [-0.3, -0.25) is 9.59 Å². The minimum absolute atomic E-state index is 0.0880. The molecule has 8 nitrogen and oxygen atoms in total. The quantitative estimate of drug-likeness (QED) is 0.459. The van der Waals surface area contributed by atoms with E-state index in [1.54, 1.807) is 36.4 Å². The smallest absolute Gasteiger partial charge is 0.326 e. The van der Waals surface area contributed by atoms with E-state index in [4.69, 9.17) is 0 Å². The topological polar surface area (TPSA) is 132 Å². The molecule has 1 atom stereocenters. The lowest BCUT2D eigenvalue weighted by molar-refractivity contribution is -0.141. The fourth-order valence-electron chi connectivity index (χ4n) is 3.00. The SMILES string of the molecule is O=C(CCCc1nc2ccccc2c(=O)[nH]1)N[C@@H](Cc1ccc(O)cc1)C(=O)O. The molecule has 0 aliphatic rings. The summed E-state index contributed by atoms with van der Waals surface area (Å²) in [4.78, 5) is 42.8. The Morgan fingerprint density at radius 1 is 1.10 bits per heavy atom. The highest BCUT2D eigenvalue weighted by molar-refractivity contribution is 5.83. The van der Waals surface area contributed by atoms with Gasteiger partial charge in [-0.15, -0.1) is 0 Å². The Hall–Kier alpha value is -3.68. The number of nitrogens with zero attached hydrogens (tertiary/aromatic N) is 1. The number of phenols is 1. The lowest BCUT2D eigenvalue weighted by atomic mass is 10.1. The van der Waals surface area contributed by atoms with Crippen molar-refractivity contribution in [1.82, 2.24) is 15.3 Å². The summed E-state index contributed by atoms with van der Waals surface area (Å²) in [5, 5.41) is 21.7. The number of phenolic OH excluding ortho intramolecular Hbond substituents is 1. The Kier molecular flexibility index (Phi) is 6.23. The van der Waals surface area contributed by atoms with E-state index in [0.717, 1.165) is 0 Å². The highest BCUT2D eigenvalue weighted by Gasteiger charge is 2.20. The van der Waals surface area contributed by atoms with Crippen LogP contribution in [0.1, 0.15) is 24.2 Å². The zero-order chi connectivity index (χ0) is 20.8. The number of para-hydroxylation sites is 1. The highest BCUT2D eigenvalue weighted by Crippen LogP contribution is 2.12. The zero-order valence-corrected chi connectivity index (χ0v) is 15.6. The number of aromatic amines is 1. The van der Waals surface area contributed by atoms with Crippen LogP contribution in [0.3, 0.4) is 0 Å². The summed E-state index contributed by atoms with van der Waals surface area (Å²) in [6, 6.07) is 12.1. The van der Waals surface area contributed by atoms with Gasteiger partial charge >= 0.3 is 5.97 Å². The van der Waals surface area contributed by atoms with Crippen molar-refractivity contribution in [3.05, 3.63) is 70.3 Å². The first-order valence-corrected chi connectivity index (χ1v) is 9.20. The van der Waals surface area contributed by atoms with Crippen molar-refractivity contribution in [1.29, 1.82) is 0 Å². The molecule has 0 radical (unpaired) electrons. The second-order valence-corrected chi connectivity index (χ2v) is 6.71. The largest absolute Gasteiger partial charge is 0.508 e. The zero-order valence-electron chi connectivity index (χ0n) is 15.6. The maximum Gasteiger partial charge on any atom is 0.326 e. The summed E-state index contributed by atoms with van der Waals surface area (Å²) in [5.74, 6) is -0.948. The molecule has 1 aromatic heterocycles. The van der Waals surface area contributed by atoms with Gasteiger partial charge in [0.1, 0.15) is 17.6 Å². The van der Waals surface area contributed by atoms with Gasteiger partial charge < -0.3 is 20.5 Å². The molecule has 1 heterocycles. The van der Waals surface area contributed by atoms with Crippen LogP contribution in [0.2, 0.25) is 0 Å². The number of H-pyrrole nitrogens is 1. The third-order valence-corrected chi connectivity index (χ3v) is 4.49. The van der Waals surface area contributed by atoms with Crippen LogP contribution in [0.15, 0.2) is 53.3 Å². The fourth-order valence-corrected chi connectivity index (χ4v) is 3.00. The van der Waals surface area contributed by atoms with Crippen molar-refractivity contribution in [2.75, 3.05) is 0 Å². The van der Waals surface area contributed by atoms with E-state index in [9.17, 15) is 24.6 Å². The van der Waals surface area contributed by atoms with Gasteiger partial charge in [0.15, 0.2) is 0 Å². The van der Waals surface area contributed by atoms with Gasteiger partial charge in [-0.25, -0.2) is 9.78 Å². The molecule has 0 spiro atoms. The van der Waals surface area contributed by atoms with E-state index in [1.165, 1.54) is 12.1 Å². The predicted octanol–water partition coefficient (Wildman–Crippen LogP) is 1.76. The highest BCUT2D eigenvalue weighted by atomic mass is 16.4. The average Bonchev–Trinajstić information content (AvgIpc) is 2.69. The van der Waals surface area contributed by atoms with Crippen molar-refractivity contribution in [2.24, 2.45) is 0 Å². The van der Waals surface area contributed by atoms with Gasteiger partial charge in [0.2, 0.25) is 5.91 Å². The lowest BCUT2D eigenvalue weighted by Crippen LogP contribution is -2.42. The van der Waals surface area contributed by atoms with Gasteiger partial charge in [0.25, 0.3) is 5.56 Å². The molecule has 3 aromatic rings. The van der Waals surface area contributed by atoms with Gasteiger partial charge in [0.05, 0.1) is 10.9 Å². The van der Waals surface area contributed by atoms with Crippen molar-refractivity contribution in [2.45, 2.75) is 31.7 Å². The number of hydrogen-bond donors (Lipinski definition) is 4. The second-order valence-electron chi connectivity index (χ2n) is 6.71. The Bertz CT molecular complexity index is 1080. The number of carboxylic acid groups (broad SMARTS) is 1. The summed E-state index contributed by atoms with van der Waals surface area (Å²) in [7, 11) is 0. The summed E-state index contributed by atoms with van der Waals surface area (Å²) < 4.78 is 0. The van der Waals surface area contributed by atoms with Crippen molar-refractivity contribution in [3.63, 3.8) is 0 Å². The molecule has 0 saturated carbocycles. The maximum atomic E-state index is 12.2. The molecule has 0 saturated heterocycles. The van der Waals surface area contributed by atoms with E-state index >= 15 is 0 Å². The van der Waals surface area contributed by atoms with Crippen LogP contribution >= 0.6 is 0 Å². The van der Waals surface area contributed by atoms with E-state index in [-0.39, 0.29) is 30.1 Å². The van der Waals surface area contributed by atoms with Crippen molar-refractivity contribution in [3.8, 4) is 5.75 Å². The van der Waals surface area contributed by atoms with Crippen LogP contribution in [0.25, 0.3) is 10.9 Å². The summed E-state index contributed by atoms with van der Waals surface area (Å²) in [6.07, 6.45) is 1.03. The molecule has 29 heavy (non-hydrogen) atoms. The minimum Gasteiger partial charge on any atom is -0.508 e. The number of nitrogens with one attached hydrogen (secondary N) is 2. The summed E-state index contributed by atoms with van der Waals surface area (Å²) in [5.41, 5.74) is 1.05. The van der Waals surface area contributed by atoms with E-state index in [0.29, 0.717) is 35.1 Å². The number of carbonyl (C=O) groups excluding carboxylic acids is 1. The standard InChI is InChI=1S/C21H21N3O5/c25-14-10-8-13(9-11-14)12-17(21(28)29)23-19(26)7-3-6-18-22-16-5-2-1-4-15(16)20(27)24-18/h1-2,4-5,8-11,17,25H,3,6-7,12H2,(H,23,26)(H,28,29)(H,22,24,27)/t17-/m0/s1. The number of hydrogen-bond acceptors (Lipinski definition) is 5. The predicted molar refractivity (Wildman–Crippen MR) is 107 cm³/mol. The molecule has 0 fully saturated rings. The van der Waals surface area contributed by atoms with Crippen LogP contribution in [0, 0.1) is 0 Å². The van der Waals surface area contributed by atoms with E-state index in [2.05, 4.69) is 15.3 Å². The molecule has 4 N–H and O–H groups in total. The number of fused-ring (bicyclic) bond motifs is 1. The monoisotopic (exact) mass is 395 g/mol. The van der Waals surface area contributed by atoms with Crippen LogP contribution in [-0.2, 0) is 22.4 Å². The first-order chi connectivity index (χ1) is 13.9. The van der Waals surface area contributed by atoms with E-state index < -0.39 is 12.0 Å². The number of amides is 1. The molecule has 0 aliphatic heterocycles. The molecule has 8 heteroatoms. The van der Waals surface area contributed by atoms with Crippen LogP contribution in [0.5, 0.6) is 5.75 Å². The summed E-state index contributed by atoms with van der Waals surface area (Å²) >= 11 is 0. The van der Waals surface area contributed by atoms with E-state index in [1.807, 2.05) is 0 Å². The maximum absolute atomic E-state index is 12.2. The van der Waals surface area contributed by atoms with Crippen LogP contribution < -0.4 is 10.9 Å². The first-order valence-electron chi connectivity index (χ1n) is 9.20. The normalized spacial score (nSPS) is 11.9. The van der Waals surface area contributed by atoms with Crippen molar-refractivity contribution >= 4 is 22.8 Å². The average molecular weight is 395 g/mol. The Morgan fingerprint density at radius 3 is 2.55 bits per heavy atom. The van der Waals surface area contributed by atoms with Gasteiger partial charge in [-0.2, -0.15) is 0 Å². The Labute approximate surface area is 166 Å². The Balaban J connectivity index is 1.55. The number of aromatic nitrogens is 2. The molecule has 3 rings (SSSR count). The number of aromatic hydroxyl groups is 1. The Morgan fingerprint density at radius 2 is 1.83 bits per heavy atom. The number of benzene rings is 2. The molecule has 1 amide bonds. The first kappa shape index (κ1) is 20.1. The van der Waals surface area contributed by atoms with Gasteiger partial charge in [-0.05, 0) is 36.2 Å². The number of carboxylic acids is 1. The molecule has 2 aromatic carbocycles. The number of carbonyl (C=O) groups is 2. The number of aryl methyl sites for hydroxylation is 1. The van der Waals surface area contributed by atoms with Crippen LogP contribution in [0.4, 0.5) is 0 Å². The van der Waals surface area contributed by atoms with Gasteiger partial charge in [-0.1, -0.05) is 24.3 Å². The molecule has 150 valence electrons. The fraction of sp³-hybridized carbons (Fsp3) is 0.238. The number of aliphatic carboxylic acids is 1. The number of rotatable bonds is 8.